The lowest BCUT2D eigenvalue weighted by Crippen LogP contribution is -2.24. The first kappa shape index (κ1) is 27.8. The maximum atomic E-state index is 12.0. The van der Waals surface area contributed by atoms with E-state index in [9.17, 15) is 4.79 Å². The highest BCUT2D eigenvalue weighted by Crippen LogP contribution is 2.30. The smallest absolute Gasteiger partial charge is 0.318 e. The number of benzene rings is 1. The third-order valence-corrected chi connectivity index (χ3v) is 6.74. The minimum Gasteiger partial charge on any atom is -0.442 e. The van der Waals surface area contributed by atoms with Gasteiger partial charge in [-0.2, -0.15) is 0 Å². The van der Waals surface area contributed by atoms with Crippen molar-refractivity contribution in [3.05, 3.63) is 58.1 Å². The average Bonchev–Trinajstić information content (AvgIpc) is 3.67. The lowest BCUT2D eigenvalue weighted by molar-refractivity contribution is -0.157. The molecule has 12 nitrogen and oxygen atoms in total. The van der Waals surface area contributed by atoms with Gasteiger partial charge in [0.1, 0.15) is 0 Å². The van der Waals surface area contributed by atoms with Gasteiger partial charge in [0, 0.05) is 48.0 Å². The molecule has 40 heavy (non-hydrogen) atoms. The normalized spacial score (nSPS) is 15.4. The van der Waals surface area contributed by atoms with Gasteiger partial charge in [0.15, 0.2) is 6.73 Å². The van der Waals surface area contributed by atoms with Crippen LogP contribution in [-0.2, 0) is 22.7 Å². The van der Waals surface area contributed by atoms with E-state index in [1.807, 2.05) is 17.0 Å². The van der Waals surface area contributed by atoms with E-state index in [-0.39, 0.29) is 18.6 Å². The number of anilines is 2. The maximum absolute atomic E-state index is 12.0. The number of halogens is 2. The van der Waals surface area contributed by atoms with E-state index in [0.29, 0.717) is 46.6 Å². The summed E-state index contributed by atoms with van der Waals surface area (Å²) in [5, 5.41) is 21.2. The van der Waals surface area contributed by atoms with Crippen LogP contribution in [-0.4, -0.2) is 60.8 Å². The molecule has 0 bridgehead atoms. The third-order valence-electron chi connectivity index (χ3n) is 6.31. The Hall–Kier alpha value is -3.77. The molecule has 1 saturated heterocycles. The van der Waals surface area contributed by atoms with Crippen molar-refractivity contribution >= 4 is 41.1 Å². The molecule has 0 aliphatic carbocycles. The first-order valence-electron chi connectivity index (χ1n) is 12.8. The van der Waals surface area contributed by atoms with E-state index in [1.54, 1.807) is 45.4 Å². The Balaban J connectivity index is 1.12. The number of esters is 1. The summed E-state index contributed by atoms with van der Waals surface area (Å²) in [4.78, 5) is 22.7. The molecule has 1 fully saturated rings. The van der Waals surface area contributed by atoms with Gasteiger partial charge in [-0.1, -0.05) is 33.5 Å². The monoisotopic (exact) mass is 585 g/mol. The summed E-state index contributed by atoms with van der Waals surface area (Å²) in [7, 11) is 0. The van der Waals surface area contributed by atoms with Crippen LogP contribution < -0.4 is 10.2 Å². The molecular formula is C26H29Cl2N9O3. The summed E-state index contributed by atoms with van der Waals surface area (Å²) in [6.45, 7) is 7.45. The number of ether oxygens (including phenoxy) is 1. The van der Waals surface area contributed by atoms with Crippen molar-refractivity contribution in [1.82, 2.24) is 35.2 Å². The highest BCUT2D eigenvalue weighted by atomic mass is 35.5. The van der Waals surface area contributed by atoms with E-state index >= 15 is 0 Å². The number of nitrogens with one attached hydrogen (secondary N) is 1. The summed E-state index contributed by atoms with van der Waals surface area (Å²) in [5.41, 5.74) is 1.89. The van der Waals surface area contributed by atoms with Gasteiger partial charge < -0.3 is 19.4 Å². The Kier molecular flexibility index (Phi) is 8.17. The molecule has 1 unspecified atom stereocenters. The zero-order valence-electron chi connectivity index (χ0n) is 22.3. The van der Waals surface area contributed by atoms with E-state index in [1.165, 1.54) is 4.68 Å². The second kappa shape index (κ2) is 11.8. The fraction of sp³-hybridized carbons (Fsp3) is 0.423. The molecule has 5 rings (SSSR count). The van der Waals surface area contributed by atoms with Crippen LogP contribution in [0.3, 0.4) is 0 Å². The van der Waals surface area contributed by atoms with E-state index in [0.717, 1.165) is 30.6 Å². The standard InChI is InChI=1S/C26H29Cl2N9O3/c1-26(2,3)23(38)39-15-37-14-21(32-35-37)17-5-7-36(13-17)25-34-33-22(40-25)18-11-30-24(31-12-18)29-6-4-16-8-19(27)10-20(28)9-16/h8-12,14,17H,4-7,13,15H2,1-3H3,(H,29,30,31). The van der Waals surface area contributed by atoms with Crippen molar-refractivity contribution in [2.75, 3.05) is 29.9 Å². The molecule has 1 N–H and O–H groups in total. The Morgan fingerprint density at radius 1 is 1.12 bits per heavy atom. The number of carbonyl (C=O) groups is 1. The summed E-state index contributed by atoms with van der Waals surface area (Å²) in [6.07, 6.45) is 6.65. The molecule has 1 atom stereocenters. The second-order valence-electron chi connectivity index (χ2n) is 10.6. The Bertz CT molecular complexity index is 1450. The highest BCUT2D eigenvalue weighted by Gasteiger charge is 2.30. The number of hydrogen-bond donors (Lipinski definition) is 1. The molecule has 4 heterocycles. The van der Waals surface area contributed by atoms with Crippen LogP contribution >= 0.6 is 23.2 Å². The Labute approximate surface area is 241 Å². The number of carbonyl (C=O) groups excluding carboxylic acids is 1. The third kappa shape index (κ3) is 6.86. The average molecular weight is 586 g/mol. The lowest BCUT2D eigenvalue weighted by Gasteiger charge is -2.16. The van der Waals surface area contributed by atoms with Gasteiger partial charge in [-0.25, -0.2) is 14.6 Å². The van der Waals surface area contributed by atoms with Crippen molar-refractivity contribution in [3.63, 3.8) is 0 Å². The van der Waals surface area contributed by atoms with Crippen LogP contribution in [0, 0.1) is 5.41 Å². The number of rotatable bonds is 9. The van der Waals surface area contributed by atoms with Gasteiger partial charge in [-0.05, 0) is 57.4 Å². The van der Waals surface area contributed by atoms with Gasteiger partial charge in [0.25, 0.3) is 5.89 Å². The van der Waals surface area contributed by atoms with Gasteiger partial charge in [-0.15, -0.1) is 10.2 Å². The van der Waals surface area contributed by atoms with Crippen molar-refractivity contribution in [2.45, 2.75) is 46.3 Å². The Morgan fingerprint density at radius 3 is 2.60 bits per heavy atom. The van der Waals surface area contributed by atoms with Crippen molar-refractivity contribution in [3.8, 4) is 11.5 Å². The van der Waals surface area contributed by atoms with E-state index in [4.69, 9.17) is 32.4 Å². The van der Waals surface area contributed by atoms with Crippen LogP contribution in [0.2, 0.25) is 10.0 Å². The fourth-order valence-corrected chi connectivity index (χ4v) is 4.72. The summed E-state index contributed by atoms with van der Waals surface area (Å²) >= 11 is 12.1. The molecular weight excluding hydrogens is 557 g/mol. The second-order valence-corrected chi connectivity index (χ2v) is 11.4. The largest absolute Gasteiger partial charge is 0.442 e. The molecule has 1 aliphatic rings. The zero-order valence-corrected chi connectivity index (χ0v) is 23.9. The Morgan fingerprint density at radius 2 is 1.88 bits per heavy atom. The molecule has 0 radical (unpaired) electrons. The van der Waals surface area contributed by atoms with Crippen LogP contribution in [0.4, 0.5) is 12.0 Å². The molecule has 1 aromatic carbocycles. The number of hydrogen-bond acceptors (Lipinski definition) is 11. The van der Waals surface area contributed by atoms with Crippen LogP contribution in [0.15, 0.2) is 41.2 Å². The molecule has 0 saturated carbocycles. The van der Waals surface area contributed by atoms with E-state index in [2.05, 4.69) is 35.8 Å². The maximum Gasteiger partial charge on any atom is 0.318 e. The summed E-state index contributed by atoms with van der Waals surface area (Å²) < 4.78 is 12.8. The van der Waals surface area contributed by atoms with Crippen molar-refractivity contribution in [1.29, 1.82) is 0 Å². The highest BCUT2D eigenvalue weighted by molar-refractivity contribution is 6.34. The first-order chi connectivity index (χ1) is 19.1. The van der Waals surface area contributed by atoms with Gasteiger partial charge in [-0.3, -0.25) is 4.79 Å². The van der Waals surface area contributed by atoms with Gasteiger partial charge in [0.05, 0.1) is 22.9 Å². The van der Waals surface area contributed by atoms with Crippen molar-refractivity contribution in [2.24, 2.45) is 5.41 Å². The minimum atomic E-state index is -0.572. The quantitative estimate of drug-likeness (QED) is 0.275. The molecule has 210 valence electrons. The predicted octanol–water partition coefficient (Wildman–Crippen LogP) is 4.62. The zero-order chi connectivity index (χ0) is 28.3. The SMILES string of the molecule is CC(C)(C)C(=O)OCn1cc(C2CCN(c3nnc(-c4cnc(NCCc5cc(Cl)cc(Cl)c5)nc4)o3)C2)nn1. The lowest BCUT2D eigenvalue weighted by atomic mass is 9.98. The molecule has 0 amide bonds. The van der Waals surface area contributed by atoms with Crippen molar-refractivity contribution < 1.29 is 13.9 Å². The summed E-state index contributed by atoms with van der Waals surface area (Å²) in [6, 6.07) is 5.89. The molecule has 14 heteroatoms. The van der Waals surface area contributed by atoms with Crippen LogP contribution in [0.25, 0.3) is 11.5 Å². The van der Waals surface area contributed by atoms with Gasteiger partial charge in [0.2, 0.25) is 5.95 Å². The molecule has 3 aromatic heterocycles. The van der Waals surface area contributed by atoms with Gasteiger partial charge >= 0.3 is 12.0 Å². The summed E-state index contributed by atoms with van der Waals surface area (Å²) in [5.74, 6) is 0.670. The predicted molar refractivity (Wildman–Crippen MR) is 149 cm³/mol. The molecule has 0 spiro atoms. The van der Waals surface area contributed by atoms with Crippen LogP contribution in [0.5, 0.6) is 0 Å². The fourth-order valence-electron chi connectivity index (χ4n) is 4.14. The van der Waals surface area contributed by atoms with Crippen LogP contribution in [0.1, 0.15) is 44.4 Å². The molecule has 4 aromatic rings. The first-order valence-corrected chi connectivity index (χ1v) is 13.6. The number of aromatic nitrogens is 7. The topological polar surface area (TPSA) is 137 Å². The molecule has 1 aliphatic heterocycles. The minimum absolute atomic E-state index is 0.0275. The number of nitrogens with zero attached hydrogens (tertiary/aromatic N) is 8. The van der Waals surface area contributed by atoms with E-state index < -0.39 is 5.41 Å².